The Hall–Kier alpha value is -1.82. The Balaban J connectivity index is 1.85. The topological polar surface area (TPSA) is 73.2 Å². The van der Waals surface area contributed by atoms with Crippen LogP contribution in [-0.4, -0.2) is 34.3 Å². The zero-order chi connectivity index (χ0) is 18.4. The maximum atomic E-state index is 11.8. The lowest BCUT2D eigenvalue weighted by Gasteiger charge is -2.11. The van der Waals surface area contributed by atoms with Crippen LogP contribution in [-0.2, 0) is 20.9 Å². The highest BCUT2D eigenvalue weighted by molar-refractivity contribution is 6.31. The van der Waals surface area contributed by atoms with Gasteiger partial charge in [-0.2, -0.15) is 5.10 Å². The number of hydrogen-bond donors (Lipinski definition) is 1. The number of aromatic nitrogens is 2. The number of esters is 1. The molecule has 1 N–H and O–H groups in total. The minimum Gasteiger partial charge on any atom is -0.452 e. The van der Waals surface area contributed by atoms with Crippen molar-refractivity contribution in [2.45, 2.75) is 59.0 Å². The van der Waals surface area contributed by atoms with Crippen molar-refractivity contribution in [1.29, 1.82) is 0 Å². The van der Waals surface area contributed by atoms with Crippen molar-refractivity contribution >= 4 is 29.6 Å². The molecule has 0 spiro atoms. The summed E-state index contributed by atoms with van der Waals surface area (Å²) >= 11 is 6.31. The van der Waals surface area contributed by atoms with E-state index in [-0.39, 0.29) is 18.6 Å². The highest BCUT2D eigenvalue weighted by atomic mass is 35.5. The number of aryl methyl sites for hydroxylation is 1. The van der Waals surface area contributed by atoms with Crippen LogP contribution in [0.5, 0.6) is 0 Å². The molecule has 1 heterocycles. The molecule has 7 heteroatoms. The van der Waals surface area contributed by atoms with Gasteiger partial charge in [-0.15, -0.1) is 0 Å². The molecule has 0 aliphatic heterocycles. The molecule has 138 valence electrons. The Morgan fingerprint density at radius 2 is 2.08 bits per heavy atom. The third-order valence-corrected chi connectivity index (χ3v) is 4.50. The van der Waals surface area contributed by atoms with Crippen LogP contribution in [0, 0.1) is 12.8 Å². The summed E-state index contributed by atoms with van der Waals surface area (Å²) in [4.78, 5) is 23.6. The fourth-order valence-electron chi connectivity index (χ4n) is 2.90. The smallest absolute Gasteiger partial charge is 0.331 e. The quantitative estimate of drug-likeness (QED) is 0.593. The van der Waals surface area contributed by atoms with Crippen LogP contribution in [0.25, 0.3) is 6.08 Å². The second-order valence-electron chi connectivity index (χ2n) is 6.86. The monoisotopic (exact) mass is 367 g/mol. The molecule has 1 aliphatic rings. The molecule has 1 fully saturated rings. The molecule has 0 unspecified atom stereocenters. The van der Waals surface area contributed by atoms with E-state index in [0.29, 0.717) is 23.2 Å². The maximum absolute atomic E-state index is 11.8. The van der Waals surface area contributed by atoms with Crippen LogP contribution in [0.15, 0.2) is 6.08 Å². The summed E-state index contributed by atoms with van der Waals surface area (Å²) in [5, 5.41) is 7.74. The zero-order valence-electron chi connectivity index (χ0n) is 15.0. The second-order valence-corrected chi connectivity index (χ2v) is 7.21. The number of halogens is 1. The first-order chi connectivity index (χ1) is 11.9. The Labute approximate surface area is 153 Å². The Bertz CT molecular complexity index is 646. The first-order valence-electron chi connectivity index (χ1n) is 8.74. The molecule has 25 heavy (non-hydrogen) atoms. The van der Waals surface area contributed by atoms with Crippen LogP contribution >= 0.6 is 11.6 Å². The van der Waals surface area contributed by atoms with E-state index in [4.69, 9.17) is 16.3 Å². The normalized spacial score (nSPS) is 15.2. The number of nitrogens with one attached hydrogen (secondary N) is 1. The lowest BCUT2D eigenvalue weighted by Crippen LogP contribution is -2.35. The van der Waals surface area contributed by atoms with Crippen LogP contribution < -0.4 is 5.32 Å². The van der Waals surface area contributed by atoms with Crippen molar-refractivity contribution in [3.63, 3.8) is 0 Å². The van der Waals surface area contributed by atoms with E-state index in [9.17, 15) is 9.59 Å². The molecule has 6 nitrogen and oxygen atoms in total. The minimum atomic E-state index is -0.575. The molecule has 0 bridgehead atoms. The van der Waals surface area contributed by atoms with E-state index >= 15 is 0 Å². The minimum absolute atomic E-state index is 0.218. The van der Waals surface area contributed by atoms with E-state index in [1.165, 1.54) is 6.08 Å². The number of nitrogens with zero attached hydrogens (tertiary/aromatic N) is 2. The second kappa shape index (κ2) is 9.04. The number of hydrogen-bond acceptors (Lipinski definition) is 4. The van der Waals surface area contributed by atoms with E-state index in [1.54, 1.807) is 10.8 Å². The molecular formula is C18H26ClN3O3. The van der Waals surface area contributed by atoms with Gasteiger partial charge in [0.1, 0.15) is 5.15 Å². The van der Waals surface area contributed by atoms with E-state index in [2.05, 4.69) is 24.3 Å². The van der Waals surface area contributed by atoms with Gasteiger partial charge >= 0.3 is 5.97 Å². The van der Waals surface area contributed by atoms with Gasteiger partial charge in [0.15, 0.2) is 6.61 Å². The Morgan fingerprint density at radius 1 is 1.40 bits per heavy atom. The zero-order valence-corrected chi connectivity index (χ0v) is 15.8. The molecule has 1 amide bonds. The van der Waals surface area contributed by atoms with Crippen molar-refractivity contribution in [3.8, 4) is 0 Å². The van der Waals surface area contributed by atoms with Crippen LogP contribution in [0.1, 0.15) is 50.8 Å². The van der Waals surface area contributed by atoms with Gasteiger partial charge in [-0.25, -0.2) is 4.79 Å². The van der Waals surface area contributed by atoms with E-state index < -0.39 is 5.97 Å². The largest absolute Gasteiger partial charge is 0.452 e. The summed E-state index contributed by atoms with van der Waals surface area (Å²) in [6.45, 7) is 6.44. The van der Waals surface area contributed by atoms with Crippen LogP contribution in [0.4, 0.5) is 0 Å². The first kappa shape index (κ1) is 19.5. The fourth-order valence-corrected chi connectivity index (χ4v) is 3.21. The van der Waals surface area contributed by atoms with Gasteiger partial charge in [-0.1, -0.05) is 38.3 Å². The van der Waals surface area contributed by atoms with Crippen LogP contribution in [0.2, 0.25) is 5.15 Å². The third kappa shape index (κ3) is 5.88. The van der Waals surface area contributed by atoms with Gasteiger partial charge in [0.05, 0.1) is 5.69 Å². The molecule has 0 atom stereocenters. The number of amides is 1. The van der Waals surface area contributed by atoms with E-state index in [1.807, 2.05) is 6.92 Å². The van der Waals surface area contributed by atoms with Crippen molar-refractivity contribution in [1.82, 2.24) is 15.1 Å². The van der Waals surface area contributed by atoms with Gasteiger partial charge in [0.25, 0.3) is 5.91 Å². The molecule has 1 saturated carbocycles. The fraction of sp³-hybridized carbons (Fsp3) is 0.611. The molecule has 0 aromatic carbocycles. The summed E-state index contributed by atoms with van der Waals surface area (Å²) in [6, 6.07) is 0.218. The molecule has 1 aromatic heterocycles. The van der Waals surface area contributed by atoms with Gasteiger partial charge in [0.2, 0.25) is 0 Å². The van der Waals surface area contributed by atoms with Crippen LogP contribution in [0.3, 0.4) is 0 Å². The van der Waals surface area contributed by atoms with Gasteiger partial charge in [-0.05, 0) is 31.8 Å². The lowest BCUT2D eigenvalue weighted by molar-refractivity contribution is -0.144. The number of rotatable bonds is 7. The molecule has 2 rings (SSSR count). The Kier molecular flexibility index (Phi) is 7.05. The molecule has 0 saturated heterocycles. The summed E-state index contributed by atoms with van der Waals surface area (Å²) in [7, 11) is 0. The van der Waals surface area contributed by atoms with Gasteiger partial charge in [0, 0.05) is 24.2 Å². The highest BCUT2D eigenvalue weighted by Crippen LogP contribution is 2.22. The van der Waals surface area contributed by atoms with Gasteiger partial charge < -0.3 is 10.1 Å². The number of ether oxygens (including phenoxy) is 1. The molecule has 1 aliphatic carbocycles. The predicted octanol–water partition coefficient (Wildman–Crippen LogP) is 3.12. The maximum Gasteiger partial charge on any atom is 0.331 e. The molecule has 1 aromatic rings. The van der Waals surface area contributed by atoms with Crippen molar-refractivity contribution in [2.24, 2.45) is 5.92 Å². The molecular weight excluding hydrogens is 342 g/mol. The summed E-state index contributed by atoms with van der Waals surface area (Å²) in [6.07, 6.45) is 7.13. The van der Waals surface area contributed by atoms with Gasteiger partial charge in [-0.3, -0.25) is 9.48 Å². The highest BCUT2D eigenvalue weighted by Gasteiger charge is 2.17. The summed E-state index contributed by atoms with van der Waals surface area (Å²) < 4.78 is 6.70. The average Bonchev–Trinajstić information content (AvgIpc) is 3.12. The predicted molar refractivity (Wildman–Crippen MR) is 97.2 cm³/mol. The van der Waals surface area contributed by atoms with E-state index in [0.717, 1.165) is 31.4 Å². The van der Waals surface area contributed by atoms with Crippen molar-refractivity contribution in [2.75, 3.05) is 6.61 Å². The standard InChI is InChI=1S/C18H26ClN3O3/c1-12(2)10-22-18(19)15(13(3)21-22)8-9-17(24)25-11-16(23)20-14-6-4-5-7-14/h8-9,12,14H,4-7,10-11H2,1-3H3,(H,20,23)/b9-8+. The lowest BCUT2D eigenvalue weighted by atomic mass is 10.2. The van der Waals surface area contributed by atoms with Crippen molar-refractivity contribution in [3.05, 3.63) is 22.5 Å². The first-order valence-corrected chi connectivity index (χ1v) is 9.11. The van der Waals surface area contributed by atoms with Crippen molar-refractivity contribution < 1.29 is 14.3 Å². The third-order valence-electron chi connectivity index (χ3n) is 4.10. The summed E-state index contributed by atoms with van der Waals surface area (Å²) in [5.74, 6) is -0.418. The summed E-state index contributed by atoms with van der Waals surface area (Å²) in [5.41, 5.74) is 1.43. The average molecular weight is 368 g/mol. The Morgan fingerprint density at radius 3 is 2.72 bits per heavy atom. The SMILES string of the molecule is Cc1nn(CC(C)C)c(Cl)c1/C=C/C(=O)OCC(=O)NC1CCCC1. The number of carbonyl (C=O) groups excluding carboxylic acids is 2. The molecule has 0 radical (unpaired) electrons. The number of carbonyl (C=O) groups is 2.